The Hall–Kier alpha value is -3.03. The second kappa shape index (κ2) is 9.22. The fraction of sp³-hybridized carbons (Fsp3) is 0.250. The Balaban J connectivity index is 1.59. The Labute approximate surface area is 196 Å². The molecule has 32 heavy (non-hydrogen) atoms. The molecule has 0 spiro atoms. The summed E-state index contributed by atoms with van der Waals surface area (Å²) in [4.78, 5) is 23.2. The normalized spacial score (nSPS) is 12.0. The number of carbonyl (C=O) groups is 1. The summed E-state index contributed by atoms with van der Waals surface area (Å²) < 4.78 is 1.72. The van der Waals surface area contributed by atoms with E-state index < -0.39 is 0 Å². The first-order valence-corrected chi connectivity index (χ1v) is 11.5. The molecule has 8 heteroatoms. The summed E-state index contributed by atoms with van der Waals surface area (Å²) in [6.07, 6.45) is 0.220. The number of benzene rings is 1. The third-order valence-electron chi connectivity index (χ3n) is 5.27. The van der Waals surface area contributed by atoms with Crippen LogP contribution in [0.2, 0.25) is 5.02 Å². The Morgan fingerprint density at radius 1 is 1.09 bits per heavy atom. The maximum Gasteiger partial charge on any atom is 0.251 e. The van der Waals surface area contributed by atoms with Gasteiger partial charge in [0.05, 0.1) is 18.2 Å². The maximum absolute atomic E-state index is 13.1. The first-order chi connectivity index (χ1) is 15.3. The van der Waals surface area contributed by atoms with Gasteiger partial charge in [-0.05, 0) is 62.9 Å². The molecular weight excluding hydrogens is 442 g/mol. The first-order valence-electron chi connectivity index (χ1n) is 10.3. The van der Waals surface area contributed by atoms with Crippen LogP contribution >= 0.6 is 22.9 Å². The minimum Gasteiger partial charge on any atom is -0.344 e. The lowest BCUT2D eigenvalue weighted by atomic mass is 10.0. The second-order valence-corrected chi connectivity index (χ2v) is 9.17. The SMILES string of the molecule is Cc1cc(C)nc(-n2nc(C)c(CC(=O)NC(c3ccc(Cl)cc3)c3cccs3)c2C)n1. The van der Waals surface area contributed by atoms with E-state index in [2.05, 4.69) is 20.4 Å². The van der Waals surface area contributed by atoms with Crippen LogP contribution in [0.3, 0.4) is 0 Å². The van der Waals surface area contributed by atoms with E-state index >= 15 is 0 Å². The Bertz CT molecular complexity index is 1230. The minimum absolute atomic E-state index is 0.0783. The second-order valence-electron chi connectivity index (χ2n) is 7.76. The number of amides is 1. The molecule has 0 saturated heterocycles. The molecule has 1 atom stereocenters. The molecule has 4 aromatic rings. The topological polar surface area (TPSA) is 72.7 Å². The van der Waals surface area contributed by atoms with Crippen molar-refractivity contribution >= 4 is 28.8 Å². The van der Waals surface area contributed by atoms with E-state index in [9.17, 15) is 4.79 Å². The van der Waals surface area contributed by atoms with E-state index in [1.165, 1.54) is 0 Å². The number of hydrogen-bond acceptors (Lipinski definition) is 5. The van der Waals surface area contributed by atoms with Crippen LogP contribution in [0, 0.1) is 27.7 Å². The van der Waals surface area contributed by atoms with Gasteiger partial charge in [0, 0.05) is 32.5 Å². The van der Waals surface area contributed by atoms with E-state index in [0.29, 0.717) is 11.0 Å². The average Bonchev–Trinajstić information content (AvgIpc) is 3.36. The van der Waals surface area contributed by atoms with Crippen LogP contribution in [-0.4, -0.2) is 25.7 Å². The van der Waals surface area contributed by atoms with Gasteiger partial charge >= 0.3 is 0 Å². The monoisotopic (exact) mass is 465 g/mol. The summed E-state index contributed by atoms with van der Waals surface area (Å²) in [5.74, 6) is 0.442. The van der Waals surface area contributed by atoms with Crippen LogP contribution in [0.15, 0.2) is 47.8 Å². The number of nitrogens with one attached hydrogen (secondary N) is 1. The third kappa shape index (κ3) is 4.74. The number of aromatic nitrogens is 4. The summed E-state index contributed by atoms with van der Waals surface area (Å²) in [7, 11) is 0. The van der Waals surface area contributed by atoms with Crippen molar-refractivity contribution in [2.45, 2.75) is 40.2 Å². The molecule has 1 aromatic carbocycles. The standard InChI is InChI=1S/C24H24ClN5OS/c1-14-12-15(2)27-24(26-14)30-17(4)20(16(3)29-30)13-22(31)28-23(21-6-5-11-32-21)18-7-9-19(25)10-8-18/h5-12,23H,13H2,1-4H3,(H,28,31). The van der Waals surface area contributed by atoms with Crippen LogP contribution in [0.4, 0.5) is 0 Å². The van der Waals surface area contributed by atoms with Crippen molar-refractivity contribution < 1.29 is 4.79 Å². The van der Waals surface area contributed by atoms with Crippen molar-refractivity contribution in [1.82, 2.24) is 25.1 Å². The number of rotatable bonds is 6. The summed E-state index contributed by atoms with van der Waals surface area (Å²) in [6.45, 7) is 7.71. The number of nitrogens with zero attached hydrogens (tertiary/aromatic N) is 4. The number of aryl methyl sites for hydroxylation is 3. The van der Waals surface area contributed by atoms with Gasteiger partial charge in [-0.1, -0.05) is 29.8 Å². The van der Waals surface area contributed by atoms with Crippen LogP contribution in [0.1, 0.15) is 44.8 Å². The predicted molar refractivity (Wildman–Crippen MR) is 128 cm³/mol. The van der Waals surface area contributed by atoms with Crippen molar-refractivity contribution in [3.8, 4) is 5.95 Å². The number of thiophene rings is 1. The van der Waals surface area contributed by atoms with Gasteiger partial charge in [0.2, 0.25) is 5.91 Å². The highest BCUT2D eigenvalue weighted by Crippen LogP contribution is 2.27. The van der Waals surface area contributed by atoms with Crippen LogP contribution in [0.5, 0.6) is 0 Å². The zero-order chi connectivity index (χ0) is 22.8. The summed E-state index contributed by atoms with van der Waals surface area (Å²) >= 11 is 7.67. The molecule has 1 amide bonds. The van der Waals surface area contributed by atoms with E-state index in [1.54, 1.807) is 16.0 Å². The molecule has 1 N–H and O–H groups in total. The van der Waals surface area contributed by atoms with Crippen LogP contribution in [0.25, 0.3) is 5.95 Å². The lowest BCUT2D eigenvalue weighted by Gasteiger charge is -2.18. The van der Waals surface area contributed by atoms with Gasteiger partial charge in [0.1, 0.15) is 0 Å². The quantitative estimate of drug-likeness (QED) is 0.432. The molecule has 0 saturated carbocycles. The molecule has 6 nitrogen and oxygen atoms in total. The van der Waals surface area contributed by atoms with Crippen LogP contribution in [-0.2, 0) is 11.2 Å². The van der Waals surface area contributed by atoms with E-state index in [-0.39, 0.29) is 18.4 Å². The summed E-state index contributed by atoms with van der Waals surface area (Å²) in [5, 5.41) is 10.5. The third-order valence-corrected chi connectivity index (χ3v) is 6.46. The molecule has 0 bridgehead atoms. The van der Waals surface area contributed by atoms with Gasteiger partial charge in [-0.25, -0.2) is 14.6 Å². The smallest absolute Gasteiger partial charge is 0.251 e. The molecule has 3 aromatic heterocycles. The number of hydrogen-bond donors (Lipinski definition) is 1. The molecule has 0 radical (unpaired) electrons. The molecular formula is C24H24ClN5OS. The molecule has 1 unspecified atom stereocenters. The predicted octanol–water partition coefficient (Wildman–Crippen LogP) is 5.06. The Morgan fingerprint density at radius 2 is 1.78 bits per heavy atom. The van der Waals surface area contributed by atoms with Crippen molar-refractivity contribution in [2.24, 2.45) is 0 Å². The molecule has 3 heterocycles. The molecule has 0 aliphatic rings. The number of halogens is 1. The summed E-state index contributed by atoms with van der Waals surface area (Å²) in [5.41, 5.74) is 5.27. The maximum atomic E-state index is 13.1. The van der Waals surface area contributed by atoms with Gasteiger partial charge in [-0.2, -0.15) is 5.10 Å². The van der Waals surface area contributed by atoms with Crippen LogP contribution < -0.4 is 5.32 Å². The van der Waals surface area contributed by atoms with Crippen molar-refractivity contribution in [1.29, 1.82) is 0 Å². The number of carbonyl (C=O) groups excluding carboxylic acids is 1. The average molecular weight is 466 g/mol. The highest BCUT2D eigenvalue weighted by Gasteiger charge is 2.22. The Morgan fingerprint density at radius 3 is 2.41 bits per heavy atom. The molecule has 164 valence electrons. The highest BCUT2D eigenvalue weighted by molar-refractivity contribution is 7.10. The fourth-order valence-corrected chi connectivity index (χ4v) is 4.66. The first kappa shape index (κ1) is 22.2. The van der Waals surface area contributed by atoms with Gasteiger partial charge in [0.15, 0.2) is 0 Å². The van der Waals surface area contributed by atoms with Gasteiger partial charge in [0.25, 0.3) is 5.95 Å². The van der Waals surface area contributed by atoms with Gasteiger partial charge in [-0.3, -0.25) is 4.79 Å². The van der Waals surface area contributed by atoms with E-state index in [1.807, 2.05) is 75.5 Å². The lowest BCUT2D eigenvalue weighted by molar-refractivity contribution is -0.120. The molecule has 0 fully saturated rings. The molecule has 4 rings (SSSR count). The Kier molecular flexibility index (Phi) is 6.39. The van der Waals surface area contributed by atoms with Crippen molar-refractivity contribution in [2.75, 3.05) is 0 Å². The van der Waals surface area contributed by atoms with E-state index in [0.717, 1.165) is 38.8 Å². The van der Waals surface area contributed by atoms with Crippen molar-refractivity contribution in [3.63, 3.8) is 0 Å². The van der Waals surface area contributed by atoms with Crippen molar-refractivity contribution in [3.05, 3.63) is 91.6 Å². The summed E-state index contributed by atoms with van der Waals surface area (Å²) in [6, 6.07) is 13.3. The highest BCUT2D eigenvalue weighted by atomic mass is 35.5. The fourth-order valence-electron chi connectivity index (χ4n) is 3.73. The van der Waals surface area contributed by atoms with Gasteiger partial charge in [-0.15, -0.1) is 11.3 Å². The largest absolute Gasteiger partial charge is 0.344 e. The molecule has 0 aliphatic heterocycles. The minimum atomic E-state index is -0.238. The molecule has 0 aliphatic carbocycles. The lowest BCUT2D eigenvalue weighted by Crippen LogP contribution is -2.30. The van der Waals surface area contributed by atoms with E-state index in [4.69, 9.17) is 11.6 Å². The zero-order valence-electron chi connectivity index (χ0n) is 18.4. The zero-order valence-corrected chi connectivity index (χ0v) is 20.0. The van der Waals surface area contributed by atoms with Gasteiger partial charge < -0.3 is 5.32 Å².